The van der Waals surface area contributed by atoms with Crippen LogP contribution in [0.25, 0.3) is 10.9 Å². The molecule has 3 atom stereocenters. The number of hydrogen-bond acceptors (Lipinski definition) is 6. The fraction of sp³-hybridized carbons (Fsp3) is 0.571. The Labute approximate surface area is 229 Å². The van der Waals surface area contributed by atoms with Crippen LogP contribution in [0.5, 0.6) is 11.6 Å². The Morgan fingerprint density at radius 1 is 1.21 bits per heavy atom. The Morgan fingerprint density at radius 2 is 1.89 bits per heavy atom. The monoisotopic (exact) mass is 546 g/mol. The molecular formula is C28H39ClN4O5. The molecule has 3 rings (SSSR count). The van der Waals surface area contributed by atoms with Crippen LogP contribution in [0.1, 0.15) is 61.3 Å². The molecule has 0 saturated carbocycles. The van der Waals surface area contributed by atoms with E-state index in [9.17, 15) is 14.4 Å². The van der Waals surface area contributed by atoms with Crippen molar-refractivity contribution in [2.75, 3.05) is 13.2 Å². The molecule has 208 valence electrons. The number of fused-ring (bicyclic) bond motifs is 1. The molecule has 2 heterocycles. The number of pyridine rings is 1. The maximum absolute atomic E-state index is 13.8. The van der Waals surface area contributed by atoms with Crippen molar-refractivity contribution in [2.24, 2.45) is 17.1 Å². The average Bonchev–Trinajstić information content (AvgIpc) is 3.20. The molecule has 38 heavy (non-hydrogen) atoms. The number of amides is 3. The highest BCUT2D eigenvalue weighted by molar-refractivity contribution is 6.35. The van der Waals surface area contributed by atoms with Gasteiger partial charge in [0, 0.05) is 29.8 Å². The minimum atomic E-state index is -0.855. The van der Waals surface area contributed by atoms with Crippen molar-refractivity contribution in [1.82, 2.24) is 15.2 Å². The third-order valence-corrected chi connectivity index (χ3v) is 6.74. The quantitative estimate of drug-likeness (QED) is 0.514. The van der Waals surface area contributed by atoms with E-state index < -0.39 is 34.9 Å². The maximum Gasteiger partial charge on any atom is 0.240 e. The molecule has 0 radical (unpaired) electrons. The van der Waals surface area contributed by atoms with E-state index in [1.165, 1.54) is 4.90 Å². The average molecular weight is 547 g/mol. The fourth-order valence-electron chi connectivity index (χ4n) is 4.67. The van der Waals surface area contributed by atoms with E-state index in [2.05, 4.69) is 10.3 Å². The van der Waals surface area contributed by atoms with E-state index in [1.807, 2.05) is 54.5 Å². The van der Waals surface area contributed by atoms with Gasteiger partial charge < -0.3 is 25.4 Å². The number of nitrogens with one attached hydrogen (secondary N) is 1. The molecule has 1 aliphatic rings. The van der Waals surface area contributed by atoms with Gasteiger partial charge in [-0.1, -0.05) is 38.4 Å². The third-order valence-electron chi connectivity index (χ3n) is 6.44. The topological polar surface area (TPSA) is 124 Å². The highest BCUT2D eigenvalue weighted by Crippen LogP contribution is 2.37. The van der Waals surface area contributed by atoms with Gasteiger partial charge in [0.2, 0.25) is 23.6 Å². The highest BCUT2D eigenvalue weighted by Gasteiger charge is 2.45. The number of carbonyl (C=O) groups is 3. The fourth-order valence-corrected chi connectivity index (χ4v) is 4.89. The lowest BCUT2D eigenvalue weighted by molar-refractivity contribution is -0.146. The molecule has 1 aromatic carbocycles. The minimum Gasteiger partial charge on any atom is -0.488 e. The number of para-hydroxylation sites is 1. The van der Waals surface area contributed by atoms with Crippen molar-refractivity contribution in [3.05, 3.63) is 29.3 Å². The molecule has 0 spiro atoms. The molecule has 0 bridgehead atoms. The summed E-state index contributed by atoms with van der Waals surface area (Å²) in [5.41, 5.74) is 5.31. The standard InChI is InChI=1S/C28H39ClN4O5/c1-8-37-23-14-21(17-10-9-11-19(29)24(17)31-23)38-16-12-20(25(30)35)33(15-16)26(36)18(27(2,3)4)13-22(34)32-28(5,6)7/h9-11,14,16,18,20H,8,12-13,15H2,1-7H3,(H2,30,35)(H,32,34)/t16-,18-,20+/m1/s1. The summed E-state index contributed by atoms with van der Waals surface area (Å²) in [4.78, 5) is 45.0. The van der Waals surface area contributed by atoms with Crippen molar-refractivity contribution in [2.45, 2.75) is 79.0 Å². The number of carbonyl (C=O) groups excluding carboxylic acids is 3. The van der Waals surface area contributed by atoms with Gasteiger partial charge in [-0.05, 0) is 45.2 Å². The van der Waals surface area contributed by atoms with Crippen LogP contribution in [-0.4, -0.2) is 58.4 Å². The first-order valence-corrected chi connectivity index (χ1v) is 13.3. The van der Waals surface area contributed by atoms with E-state index in [0.29, 0.717) is 34.2 Å². The van der Waals surface area contributed by atoms with Crippen molar-refractivity contribution < 1.29 is 23.9 Å². The molecule has 0 aliphatic carbocycles. The van der Waals surface area contributed by atoms with Crippen LogP contribution < -0.4 is 20.5 Å². The molecule has 2 aromatic rings. The predicted molar refractivity (Wildman–Crippen MR) is 147 cm³/mol. The van der Waals surface area contributed by atoms with Crippen LogP contribution in [0.2, 0.25) is 5.02 Å². The third kappa shape index (κ3) is 7.07. The lowest BCUT2D eigenvalue weighted by Gasteiger charge is -2.35. The van der Waals surface area contributed by atoms with Crippen molar-refractivity contribution >= 4 is 40.2 Å². The second-order valence-corrected chi connectivity index (χ2v) is 12.2. The van der Waals surface area contributed by atoms with E-state index in [0.717, 1.165) is 0 Å². The molecule has 1 fully saturated rings. The van der Waals surface area contributed by atoms with Crippen LogP contribution >= 0.6 is 11.6 Å². The first kappa shape index (κ1) is 29.5. The van der Waals surface area contributed by atoms with Gasteiger partial charge in [0.1, 0.15) is 17.9 Å². The Balaban J connectivity index is 1.89. The second kappa shape index (κ2) is 11.4. The molecule has 1 aliphatic heterocycles. The Bertz CT molecular complexity index is 1200. The van der Waals surface area contributed by atoms with Gasteiger partial charge in [-0.25, -0.2) is 4.98 Å². The van der Waals surface area contributed by atoms with E-state index >= 15 is 0 Å². The van der Waals surface area contributed by atoms with Crippen LogP contribution in [0.3, 0.4) is 0 Å². The second-order valence-electron chi connectivity index (χ2n) is 11.8. The summed E-state index contributed by atoms with van der Waals surface area (Å²) in [6.07, 6.45) is -0.293. The van der Waals surface area contributed by atoms with Gasteiger partial charge in [0.05, 0.1) is 29.6 Å². The van der Waals surface area contributed by atoms with Gasteiger partial charge in [-0.15, -0.1) is 0 Å². The zero-order valence-corrected chi connectivity index (χ0v) is 24.0. The number of aromatic nitrogens is 1. The Morgan fingerprint density at radius 3 is 2.47 bits per heavy atom. The normalized spacial score (nSPS) is 18.8. The SMILES string of the molecule is CCOc1cc(O[C@@H]2C[C@@H](C(N)=O)N(C(=O)[C@@H](CC(=O)NC(C)(C)C)C(C)(C)C)C2)c2cccc(Cl)c2n1. The molecule has 10 heteroatoms. The summed E-state index contributed by atoms with van der Waals surface area (Å²) in [5, 5.41) is 4.07. The number of primary amides is 1. The molecule has 0 unspecified atom stereocenters. The van der Waals surface area contributed by atoms with Crippen molar-refractivity contribution in [3.63, 3.8) is 0 Å². The van der Waals surface area contributed by atoms with Crippen LogP contribution in [-0.2, 0) is 14.4 Å². The minimum absolute atomic E-state index is 0.00167. The van der Waals surface area contributed by atoms with Crippen molar-refractivity contribution in [3.8, 4) is 11.6 Å². The van der Waals surface area contributed by atoms with Crippen LogP contribution in [0.15, 0.2) is 24.3 Å². The summed E-state index contributed by atoms with van der Waals surface area (Å²) in [6.45, 7) is 13.8. The number of likely N-dealkylation sites (tertiary alicyclic amines) is 1. The zero-order valence-electron chi connectivity index (χ0n) is 23.3. The number of nitrogens with zero attached hydrogens (tertiary/aromatic N) is 2. The summed E-state index contributed by atoms with van der Waals surface area (Å²) in [5.74, 6) is -0.950. The summed E-state index contributed by atoms with van der Waals surface area (Å²) in [6, 6.07) is 6.20. The van der Waals surface area contributed by atoms with Crippen LogP contribution in [0.4, 0.5) is 0 Å². The zero-order chi connectivity index (χ0) is 28.4. The molecular weight excluding hydrogens is 508 g/mol. The van der Waals surface area contributed by atoms with Gasteiger partial charge in [-0.3, -0.25) is 14.4 Å². The number of nitrogens with two attached hydrogens (primary N) is 1. The number of ether oxygens (including phenoxy) is 2. The first-order valence-electron chi connectivity index (χ1n) is 12.9. The summed E-state index contributed by atoms with van der Waals surface area (Å²) >= 11 is 6.39. The predicted octanol–water partition coefficient (Wildman–Crippen LogP) is 4.09. The van der Waals surface area contributed by atoms with Gasteiger partial charge in [0.25, 0.3) is 0 Å². The number of hydrogen-bond donors (Lipinski definition) is 2. The first-order chi connectivity index (χ1) is 17.6. The summed E-state index contributed by atoms with van der Waals surface area (Å²) < 4.78 is 12.0. The van der Waals surface area contributed by atoms with Gasteiger partial charge in [-0.2, -0.15) is 0 Å². The van der Waals surface area contributed by atoms with Gasteiger partial charge >= 0.3 is 0 Å². The number of rotatable bonds is 8. The molecule has 9 nitrogen and oxygen atoms in total. The number of benzene rings is 1. The molecule has 3 amide bonds. The molecule has 3 N–H and O–H groups in total. The molecule has 1 saturated heterocycles. The highest BCUT2D eigenvalue weighted by atomic mass is 35.5. The summed E-state index contributed by atoms with van der Waals surface area (Å²) in [7, 11) is 0. The van der Waals surface area contributed by atoms with Crippen LogP contribution in [0, 0.1) is 11.3 Å². The van der Waals surface area contributed by atoms with Gasteiger partial charge in [0.15, 0.2) is 0 Å². The van der Waals surface area contributed by atoms with Crippen molar-refractivity contribution in [1.29, 1.82) is 0 Å². The smallest absolute Gasteiger partial charge is 0.240 e. The number of halogens is 1. The Hall–Kier alpha value is -3.07. The Kier molecular flexibility index (Phi) is 8.81. The van der Waals surface area contributed by atoms with E-state index in [1.54, 1.807) is 18.2 Å². The molecule has 1 aromatic heterocycles. The largest absolute Gasteiger partial charge is 0.488 e. The lowest BCUT2D eigenvalue weighted by atomic mass is 9.77. The van der Waals surface area contributed by atoms with E-state index in [4.69, 9.17) is 26.8 Å². The lowest BCUT2D eigenvalue weighted by Crippen LogP contribution is -2.50. The maximum atomic E-state index is 13.8. The van der Waals surface area contributed by atoms with E-state index in [-0.39, 0.29) is 31.2 Å².